The Kier molecular flexibility index (Phi) is 4.53. The van der Waals surface area contributed by atoms with Gasteiger partial charge in [-0.1, -0.05) is 25.4 Å². The maximum atomic E-state index is 14.0. The van der Waals surface area contributed by atoms with Gasteiger partial charge in [0.25, 0.3) is 0 Å². The molecule has 1 saturated heterocycles. The lowest BCUT2D eigenvalue weighted by Gasteiger charge is -2.42. The van der Waals surface area contributed by atoms with E-state index in [1.54, 1.807) is 12.1 Å². The van der Waals surface area contributed by atoms with Gasteiger partial charge in [0.15, 0.2) is 0 Å². The zero-order valence-electron chi connectivity index (χ0n) is 12.8. The van der Waals surface area contributed by atoms with E-state index in [2.05, 4.69) is 24.1 Å². The Balaban J connectivity index is 1.76. The van der Waals surface area contributed by atoms with E-state index in [-0.39, 0.29) is 5.82 Å². The SMILES string of the molecule is CC(C)C1CNC(C2CC2)CN1Cc1cc(Cl)ccc1F. The van der Waals surface area contributed by atoms with Crippen molar-refractivity contribution in [3.05, 3.63) is 34.6 Å². The Morgan fingerprint density at radius 2 is 2.14 bits per heavy atom. The summed E-state index contributed by atoms with van der Waals surface area (Å²) in [4.78, 5) is 2.44. The van der Waals surface area contributed by atoms with Crippen LogP contribution in [0, 0.1) is 17.7 Å². The van der Waals surface area contributed by atoms with Crippen molar-refractivity contribution in [2.45, 2.75) is 45.3 Å². The maximum absolute atomic E-state index is 14.0. The second kappa shape index (κ2) is 6.23. The third-order valence-corrected chi connectivity index (χ3v) is 5.07. The number of rotatable bonds is 4. The zero-order chi connectivity index (χ0) is 15.0. The van der Waals surface area contributed by atoms with Gasteiger partial charge in [0.2, 0.25) is 0 Å². The summed E-state index contributed by atoms with van der Waals surface area (Å²) < 4.78 is 14.0. The number of halogens is 2. The molecule has 1 aliphatic heterocycles. The monoisotopic (exact) mass is 310 g/mol. The Morgan fingerprint density at radius 1 is 1.38 bits per heavy atom. The van der Waals surface area contributed by atoms with E-state index in [0.29, 0.717) is 35.1 Å². The van der Waals surface area contributed by atoms with Crippen LogP contribution in [0.2, 0.25) is 5.02 Å². The summed E-state index contributed by atoms with van der Waals surface area (Å²) in [5.74, 6) is 1.23. The van der Waals surface area contributed by atoms with E-state index in [1.807, 2.05) is 0 Å². The molecule has 1 heterocycles. The van der Waals surface area contributed by atoms with Crippen LogP contribution in [-0.2, 0) is 6.54 Å². The fourth-order valence-corrected chi connectivity index (χ4v) is 3.59. The highest BCUT2D eigenvalue weighted by Crippen LogP contribution is 2.35. The molecule has 2 nitrogen and oxygen atoms in total. The fraction of sp³-hybridized carbons (Fsp3) is 0.647. The van der Waals surface area contributed by atoms with Crippen LogP contribution in [-0.4, -0.2) is 30.1 Å². The van der Waals surface area contributed by atoms with E-state index >= 15 is 0 Å². The van der Waals surface area contributed by atoms with Crippen LogP contribution in [0.5, 0.6) is 0 Å². The van der Waals surface area contributed by atoms with E-state index < -0.39 is 0 Å². The minimum absolute atomic E-state index is 0.150. The first-order chi connectivity index (χ1) is 10.0. The molecule has 1 aromatic rings. The lowest BCUT2D eigenvalue weighted by molar-refractivity contribution is 0.0841. The third kappa shape index (κ3) is 3.58. The minimum atomic E-state index is -0.150. The third-order valence-electron chi connectivity index (χ3n) is 4.83. The van der Waals surface area contributed by atoms with Crippen molar-refractivity contribution in [3.63, 3.8) is 0 Å². The van der Waals surface area contributed by atoms with Crippen LogP contribution < -0.4 is 5.32 Å². The van der Waals surface area contributed by atoms with Crippen molar-refractivity contribution in [1.82, 2.24) is 10.2 Å². The maximum Gasteiger partial charge on any atom is 0.127 e. The number of hydrogen-bond acceptors (Lipinski definition) is 2. The van der Waals surface area contributed by atoms with Crippen LogP contribution in [0.3, 0.4) is 0 Å². The summed E-state index contributed by atoms with van der Waals surface area (Å²) in [6.45, 7) is 7.15. The average Bonchev–Trinajstić information content (AvgIpc) is 3.27. The van der Waals surface area contributed by atoms with Gasteiger partial charge in [-0.05, 0) is 42.9 Å². The Hall–Kier alpha value is -0.640. The molecule has 2 aliphatic rings. The molecular weight excluding hydrogens is 287 g/mol. The van der Waals surface area contributed by atoms with Gasteiger partial charge in [-0.3, -0.25) is 4.90 Å². The van der Waals surface area contributed by atoms with Gasteiger partial charge in [-0.15, -0.1) is 0 Å². The van der Waals surface area contributed by atoms with Gasteiger partial charge >= 0.3 is 0 Å². The smallest absolute Gasteiger partial charge is 0.127 e. The molecule has 2 fully saturated rings. The topological polar surface area (TPSA) is 15.3 Å². The quantitative estimate of drug-likeness (QED) is 0.912. The van der Waals surface area contributed by atoms with Crippen molar-refractivity contribution in [3.8, 4) is 0 Å². The summed E-state index contributed by atoms with van der Waals surface area (Å²) >= 11 is 6.03. The molecule has 0 aromatic heterocycles. The molecule has 4 heteroatoms. The second-order valence-corrected chi connectivity index (χ2v) is 7.27. The van der Waals surface area contributed by atoms with Crippen molar-refractivity contribution in [2.24, 2.45) is 11.8 Å². The summed E-state index contributed by atoms with van der Waals surface area (Å²) in [6, 6.07) is 5.89. The molecule has 1 N–H and O–H groups in total. The first kappa shape index (κ1) is 15.3. The molecule has 3 rings (SSSR count). The normalized spacial score (nSPS) is 27.3. The molecule has 1 aliphatic carbocycles. The Bertz CT molecular complexity index is 502. The first-order valence-corrected chi connectivity index (χ1v) is 8.33. The number of benzene rings is 1. The standard InChI is InChI=1S/C17H24ClFN2/c1-11(2)17-8-20-16(12-3-4-12)10-21(17)9-13-7-14(18)5-6-15(13)19/h5-7,11-12,16-17,20H,3-4,8-10H2,1-2H3. The predicted octanol–water partition coefficient (Wildman–Crippen LogP) is 3.69. The lowest BCUT2D eigenvalue weighted by Crippen LogP contribution is -2.58. The molecule has 1 saturated carbocycles. The van der Waals surface area contributed by atoms with Gasteiger partial charge in [0, 0.05) is 42.3 Å². The zero-order valence-corrected chi connectivity index (χ0v) is 13.5. The molecule has 21 heavy (non-hydrogen) atoms. The second-order valence-electron chi connectivity index (χ2n) is 6.83. The number of nitrogens with one attached hydrogen (secondary N) is 1. The summed E-state index contributed by atoms with van der Waals surface area (Å²) in [5, 5.41) is 4.31. The van der Waals surface area contributed by atoms with Crippen molar-refractivity contribution in [1.29, 1.82) is 0 Å². The number of piperazine rings is 1. The predicted molar refractivity (Wildman–Crippen MR) is 85.0 cm³/mol. The molecule has 0 bridgehead atoms. The van der Waals surface area contributed by atoms with Gasteiger partial charge in [-0.2, -0.15) is 0 Å². The van der Waals surface area contributed by atoms with Gasteiger partial charge in [0.05, 0.1) is 0 Å². The number of nitrogens with zero attached hydrogens (tertiary/aromatic N) is 1. The van der Waals surface area contributed by atoms with Crippen molar-refractivity contribution >= 4 is 11.6 Å². The molecule has 1 aromatic carbocycles. The largest absolute Gasteiger partial charge is 0.311 e. The molecule has 0 amide bonds. The van der Waals surface area contributed by atoms with Crippen LogP contribution >= 0.6 is 11.6 Å². The van der Waals surface area contributed by atoms with E-state index in [0.717, 1.165) is 19.0 Å². The Morgan fingerprint density at radius 3 is 2.81 bits per heavy atom. The van der Waals surface area contributed by atoms with Crippen molar-refractivity contribution in [2.75, 3.05) is 13.1 Å². The van der Waals surface area contributed by atoms with E-state index in [9.17, 15) is 4.39 Å². The van der Waals surface area contributed by atoms with E-state index in [1.165, 1.54) is 18.9 Å². The fourth-order valence-electron chi connectivity index (χ4n) is 3.39. The summed E-state index contributed by atoms with van der Waals surface area (Å²) in [5.41, 5.74) is 0.713. The highest BCUT2D eigenvalue weighted by Gasteiger charge is 2.38. The lowest BCUT2D eigenvalue weighted by atomic mass is 9.96. The minimum Gasteiger partial charge on any atom is -0.311 e. The molecule has 2 unspecified atom stereocenters. The summed E-state index contributed by atoms with van der Waals surface area (Å²) in [6.07, 6.45) is 2.67. The van der Waals surface area contributed by atoms with Crippen LogP contribution in [0.1, 0.15) is 32.3 Å². The number of hydrogen-bond donors (Lipinski definition) is 1. The van der Waals surface area contributed by atoms with Crippen LogP contribution in [0.25, 0.3) is 0 Å². The van der Waals surface area contributed by atoms with E-state index in [4.69, 9.17) is 11.6 Å². The molecule has 0 spiro atoms. The molecule has 116 valence electrons. The molecule has 0 radical (unpaired) electrons. The highest BCUT2D eigenvalue weighted by molar-refractivity contribution is 6.30. The molecular formula is C17H24ClFN2. The highest BCUT2D eigenvalue weighted by atomic mass is 35.5. The summed E-state index contributed by atoms with van der Waals surface area (Å²) in [7, 11) is 0. The van der Waals surface area contributed by atoms with Gasteiger partial charge < -0.3 is 5.32 Å². The average molecular weight is 311 g/mol. The first-order valence-electron chi connectivity index (χ1n) is 7.96. The van der Waals surface area contributed by atoms with Crippen LogP contribution in [0.15, 0.2) is 18.2 Å². The van der Waals surface area contributed by atoms with Crippen LogP contribution in [0.4, 0.5) is 4.39 Å². The molecule has 2 atom stereocenters. The van der Waals surface area contributed by atoms with Crippen molar-refractivity contribution < 1.29 is 4.39 Å². The van der Waals surface area contributed by atoms with Gasteiger partial charge in [-0.25, -0.2) is 4.39 Å². The van der Waals surface area contributed by atoms with Gasteiger partial charge in [0.1, 0.15) is 5.82 Å². The Labute approximate surface area is 131 Å².